The highest BCUT2D eigenvalue weighted by molar-refractivity contribution is 5.03. The molecule has 0 aromatic heterocycles. The van der Waals surface area contributed by atoms with Crippen LogP contribution in [0.25, 0.3) is 0 Å². The number of nitrogens with zero attached hydrogens (tertiary/aromatic N) is 1. The van der Waals surface area contributed by atoms with Gasteiger partial charge in [-0.1, -0.05) is 26.0 Å². The Balaban J connectivity index is 1.82. The third-order valence-corrected chi connectivity index (χ3v) is 5.59. The van der Waals surface area contributed by atoms with Crippen LogP contribution in [-0.2, 0) is 0 Å². The summed E-state index contributed by atoms with van der Waals surface area (Å²) in [6.45, 7) is 15.9. The molecule has 0 amide bonds. The molecule has 3 aliphatic carbocycles. The first-order chi connectivity index (χ1) is 8.59. The van der Waals surface area contributed by atoms with Gasteiger partial charge in [-0.2, -0.15) is 0 Å². The van der Waals surface area contributed by atoms with Crippen LogP contribution in [0.5, 0.6) is 0 Å². The fourth-order valence-electron chi connectivity index (χ4n) is 4.28. The quantitative estimate of drug-likeness (QED) is 0.612. The topological polar surface area (TPSA) is 3.24 Å². The SMILES string of the molecule is C=CCN(CC=C)CC[C@H]1CC[C@H]2C[C@@H]1C2(C)C. The first-order valence-corrected chi connectivity index (χ1v) is 7.53. The normalized spacial score (nSPS) is 32.9. The molecule has 3 saturated carbocycles. The predicted octanol–water partition coefficient (Wildman–Crippen LogP) is 4.12. The molecule has 3 aliphatic rings. The third-order valence-electron chi connectivity index (χ3n) is 5.59. The number of fused-ring (bicyclic) bond motifs is 2. The molecule has 0 unspecified atom stereocenters. The van der Waals surface area contributed by atoms with E-state index >= 15 is 0 Å². The molecule has 0 aliphatic heterocycles. The van der Waals surface area contributed by atoms with Crippen molar-refractivity contribution in [1.82, 2.24) is 4.90 Å². The average Bonchev–Trinajstić information content (AvgIpc) is 2.36. The van der Waals surface area contributed by atoms with Crippen LogP contribution in [-0.4, -0.2) is 24.5 Å². The van der Waals surface area contributed by atoms with E-state index in [0.29, 0.717) is 5.41 Å². The van der Waals surface area contributed by atoms with Crippen LogP contribution < -0.4 is 0 Å². The lowest BCUT2D eigenvalue weighted by molar-refractivity contribution is -0.108. The Kier molecular flexibility index (Phi) is 4.32. The van der Waals surface area contributed by atoms with Gasteiger partial charge >= 0.3 is 0 Å². The van der Waals surface area contributed by atoms with E-state index in [1.54, 1.807) is 0 Å². The Labute approximate surface area is 113 Å². The van der Waals surface area contributed by atoms with Crippen LogP contribution in [0.1, 0.15) is 39.5 Å². The predicted molar refractivity (Wildman–Crippen MR) is 79.6 cm³/mol. The molecule has 0 aromatic carbocycles. The fourth-order valence-corrected chi connectivity index (χ4v) is 4.28. The summed E-state index contributed by atoms with van der Waals surface area (Å²) in [5.74, 6) is 2.98. The van der Waals surface area contributed by atoms with E-state index in [0.717, 1.165) is 30.8 Å². The number of hydrogen-bond acceptors (Lipinski definition) is 1. The minimum atomic E-state index is 0.630. The van der Waals surface area contributed by atoms with Crippen molar-refractivity contribution in [3.05, 3.63) is 25.3 Å². The van der Waals surface area contributed by atoms with Crippen LogP contribution in [0.4, 0.5) is 0 Å². The second-order valence-corrected chi connectivity index (χ2v) is 6.82. The molecular formula is C17H29N. The van der Waals surface area contributed by atoms with Gasteiger partial charge in [0.15, 0.2) is 0 Å². The average molecular weight is 247 g/mol. The van der Waals surface area contributed by atoms with Crippen molar-refractivity contribution >= 4 is 0 Å². The van der Waals surface area contributed by atoms with Crippen LogP contribution >= 0.6 is 0 Å². The zero-order valence-corrected chi connectivity index (χ0v) is 12.2. The maximum absolute atomic E-state index is 3.85. The summed E-state index contributed by atoms with van der Waals surface area (Å²) >= 11 is 0. The minimum Gasteiger partial charge on any atom is -0.296 e. The van der Waals surface area contributed by atoms with E-state index in [9.17, 15) is 0 Å². The van der Waals surface area contributed by atoms with Crippen molar-refractivity contribution in [3.8, 4) is 0 Å². The lowest BCUT2D eigenvalue weighted by Crippen LogP contribution is -2.52. The lowest BCUT2D eigenvalue weighted by Gasteiger charge is -2.60. The van der Waals surface area contributed by atoms with Gasteiger partial charge in [0.05, 0.1) is 0 Å². The summed E-state index contributed by atoms with van der Waals surface area (Å²) in [7, 11) is 0. The monoisotopic (exact) mass is 247 g/mol. The third kappa shape index (κ3) is 2.56. The molecule has 1 heteroatoms. The van der Waals surface area contributed by atoms with Crippen molar-refractivity contribution in [2.75, 3.05) is 19.6 Å². The minimum absolute atomic E-state index is 0.630. The van der Waals surface area contributed by atoms with Gasteiger partial charge in [-0.05, 0) is 55.4 Å². The van der Waals surface area contributed by atoms with E-state index in [2.05, 4.69) is 31.9 Å². The Bertz CT molecular complexity index is 293. The Hall–Kier alpha value is -0.560. The first kappa shape index (κ1) is 13.9. The van der Waals surface area contributed by atoms with Gasteiger partial charge in [0, 0.05) is 13.1 Å². The summed E-state index contributed by atoms with van der Waals surface area (Å²) in [6.07, 6.45) is 9.82. The van der Waals surface area contributed by atoms with Crippen molar-refractivity contribution in [3.63, 3.8) is 0 Å². The molecular weight excluding hydrogens is 218 g/mol. The molecule has 3 rings (SSSR count). The molecule has 0 saturated heterocycles. The smallest absolute Gasteiger partial charge is 0.0163 e. The zero-order valence-electron chi connectivity index (χ0n) is 12.2. The highest BCUT2D eigenvalue weighted by atomic mass is 15.1. The zero-order chi connectivity index (χ0) is 13.2. The first-order valence-electron chi connectivity index (χ1n) is 7.53. The summed E-state index contributed by atoms with van der Waals surface area (Å²) in [5.41, 5.74) is 0.630. The molecule has 0 heterocycles. The Morgan fingerprint density at radius 3 is 2.33 bits per heavy atom. The van der Waals surface area contributed by atoms with Gasteiger partial charge in [-0.3, -0.25) is 4.90 Å². The fraction of sp³-hybridized carbons (Fsp3) is 0.765. The van der Waals surface area contributed by atoms with Gasteiger partial charge in [0.2, 0.25) is 0 Å². The van der Waals surface area contributed by atoms with Gasteiger partial charge in [-0.25, -0.2) is 0 Å². The van der Waals surface area contributed by atoms with Crippen molar-refractivity contribution in [1.29, 1.82) is 0 Å². The van der Waals surface area contributed by atoms with E-state index in [-0.39, 0.29) is 0 Å². The molecule has 0 aromatic rings. The van der Waals surface area contributed by atoms with Gasteiger partial charge in [0.1, 0.15) is 0 Å². The second kappa shape index (κ2) is 5.61. The summed E-state index contributed by atoms with van der Waals surface area (Å²) in [4.78, 5) is 2.46. The molecule has 102 valence electrons. The molecule has 0 radical (unpaired) electrons. The van der Waals surface area contributed by atoms with E-state index in [1.165, 1.54) is 32.2 Å². The Morgan fingerprint density at radius 1 is 1.17 bits per heavy atom. The molecule has 1 nitrogen and oxygen atoms in total. The number of hydrogen-bond donors (Lipinski definition) is 0. The maximum atomic E-state index is 3.85. The number of rotatable bonds is 7. The lowest BCUT2D eigenvalue weighted by atomic mass is 9.45. The van der Waals surface area contributed by atoms with Crippen molar-refractivity contribution < 1.29 is 0 Å². The standard InChI is InChI=1S/C17H29N/c1-5-10-18(11-6-2)12-9-14-7-8-15-13-16(14)17(15,3)4/h5-6,14-16H,1-2,7-13H2,3-4H3/t14-,15+,16+/m1/s1. The molecule has 2 bridgehead atoms. The van der Waals surface area contributed by atoms with Crippen LogP contribution in [0.2, 0.25) is 0 Å². The van der Waals surface area contributed by atoms with Crippen LogP contribution in [0.15, 0.2) is 25.3 Å². The summed E-state index contributed by atoms with van der Waals surface area (Å²) < 4.78 is 0. The van der Waals surface area contributed by atoms with Gasteiger partial charge < -0.3 is 0 Å². The van der Waals surface area contributed by atoms with Crippen LogP contribution in [0.3, 0.4) is 0 Å². The largest absolute Gasteiger partial charge is 0.296 e. The molecule has 0 spiro atoms. The second-order valence-electron chi connectivity index (χ2n) is 6.82. The van der Waals surface area contributed by atoms with E-state index in [1.807, 2.05) is 12.2 Å². The van der Waals surface area contributed by atoms with Crippen LogP contribution in [0, 0.1) is 23.2 Å². The molecule has 0 N–H and O–H groups in total. The molecule has 18 heavy (non-hydrogen) atoms. The maximum Gasteiger partial charge on any atom is 0.0163 e. The Morgan fingerprint density at radius 2 is 1.83 bits per heavy atom. The van der Waals surface area contributed by atoms with Gasteiger partial charge in [-0.15, -0.1) is 13.2 Å². The van der Waals surface area contributed by atoms with Crippen molar-refractivity contribution in [2.24, 2.45) is 23.2 Å². The summed E-state index contributed by atoms with van der Waals surface area (Å²) in [6, 6.07) is 0. The molecule has 3 fully saturated rings. The van der Waals surface area contributed by atoms with E-state index < -0.39 is 0 Å². The van der Waals surface area contributed by atoms with Gasteiger partial charge in [0.25, 0.3) is 0 Å². The molecule has 3 atom stereocenters. The van der Waals surface area contributed by atoms with Crippen molar-refractivity contribution in [2.45, 2.75) is 39.5 Å². The highest BCUT2D eigenvalue weighted by Crippen LogP contribution is 2.61. The summed E-state index contributed by atoms with van der Waals surface area (Å²) in [5, 5.41) is 0. The van der Waals surface area contributed by atoms with E-state index in [4.69, 9.17) is 0 Å². The highest BCUT2D eigenvalue weighted by Gasteiger charge is 2.53.